The molecule has 0 radical (unpaired) electrons. The smallest absolute Gasteiger partial charge is 0.0574 e. The molecule has 0 aromatic heterocycles. The van der Waals surface area contributed by atoms with Crippen LogP contribution in [0.4, 0.5) is 0 Å². The van der Waals surface area contributed by atoms with Crippen molar-refractivity contribution < 1.29 is 5.11 Å². The Labute approximate surface area is 110 Å². The van der Waals surface area contributed by atoms with Gasteiger partial charge >= 0.3 is 0 Å². The minimum absolute atomic E-state index is 0.0594. The average molecular weight is 244 g/mol. The number of hydrogen-bond donors (Lipinski definition) is 1. The van der Waals surface area contributed by atoms with Crippen molar-refractivity contribution in [2.24, 2.45) is 11.8 Å². The van der Waals surface area contributed by atoms with Gasteiger partial charge in [0.05, 0.1) is 6.10 Å². The lowest BCUT2D eigenvalue weighted by molar-refractivity contribution is 0.130. The SMILES string of the molecule is OC(CCC1CCCC1)C1CC1c1ccccc1. The van der Waals surface area contributed by atoms with Gasteiger partial charge in [-0.2, -0.15) is 0 Å². The van der Waals surface area contributed by atoms with Crippen molar-refractivity contribution in [2.45, 2.75) is 57.0 Å². The van der Waals surface area contributed by atoms with Gasteiger partial charge in [-0.15, -0.1) is 0 Å². The highest BCUT2D eigenvalue weighted by Gasteiger charge is 2.42. The highest BCUT2D eigenvalue weighted by atomic mass is 16.3. The third-order valence-corrected chi connectivity index (χ3v) is 4.91. The van der Waals surface area contributed by atoms with Crippen LogP contribution < -0.4 is 0 Å². The summed E-state index contributed by atoms with van der Waals surface area (Å²) in [6.45, 7) is 0. The van der Waals surface area contributed by atoms with E-state index in [0.717, 1.165) is 12.3 Å². The number of aliphatic hydroxyl groups is 1. The molecular formula is C17H24O. The summed E-state index contributed by atoms with van der Waals surface area (Å²) in [6.07, 6.45) is 9.04. The van der Waals surface area contributed by atoms with Crippen LogP contribution in [-0.2, 0) is 0 Å². The van der Waals surface area contributed by atoms with Gasteiger partial charge in [-0.05, 0) is 42.6 Å². The van der Waals surface area contributed by atoms with Gasteiger partial charge in [0, 0.05) is 0 Å². The van der Waals surface area contributed by atoms with Gasteiger partial charge < -0.3 is 5.11 Å². The molecule has 3 rings (SSSR count). The minimum Gasteiger partial charge on any atom is -0.393 e. The Morgan fingerprint density at radius 1 is 1.11 bits per heavy atom. The van der Waals surface area contributed by atoms with E-state index in [4.69, 9.17) is 0 Å². The van der Waals surface area contributed by atoms with Crippen molar-refractivity contribution in [1.82, 2.24) is 0 Å². The summed E-state index contributed by atoms with van der Waals surface area (Å²) in [4.78, 5) is 0. The molecule has 1 nitrogen and oxygen atoms in total. The molecule has 0 spiro atoms. The molecule has 3 unspecified atom stereocenters. The van der Waals surface area contributed by atoms with Gasteiger partial charge in [-0.3, -0.25) is 0 Å². The molecule has 1 aromatic rings. The lowest BCUT2D eigenvalue weighted by Gasteiger charge is -2.13. The fourth-order valence-corrected chi connectivity index (χ4v) is 3.64. The summed E-state index contributed by atoms with van der Waals surface area (Å²) in [6, 6.07) is 10.7. The number of benzene rings is 1. The topological polar surface area (TPSA) is 20.2 Å². The second-order valence-electron chi connectivity index (χ2n) is 6.21. The molecule has 0 amide bonds. The molecular weight excluding hydrogens is 220 g/mol. The molecule has 0 aliphatic heterocycles. The average Bonchev–Trinajstić information content (AvgIpc) is 3.05. The third kappa shape index (κ3) is 2.77. The quantitative estimate of drug-likeness (QED) is 0.826. The standard InChI is InChI=1S/C17H24O/c18-17(11-10-13-6-4-5-7-13)16-12-15(16)14-8-2-1-3-9-14/h1-3,8-9,13,15-18H,4-7,10-12H2. The maximum absolute atomic E-state index is 10.3. The Bertz CT molecular complexity index is 366. The Morgan fingerprint density at radius 3 is 2.56 bits per heavy atom. The number of hydrogen-bond acceptors (Lipinski definition) is 1. The monoisotopic (exact) mass is 244 g/mol. The number of aliphatic hydroxyl groups excluding tert-OH is 1. The molecule has 1 heteroatoms. The molecule has 2 aliphatic rings. The zero-order valence-electron chi connectivity index (χ0n) is 11.1. The van der Waals surface area contributed by atoms with E-state index in [-0.39, 0.29) is 6.10 Å². The first kappa shape index (κ1) is 12.2. The first-order valence-corrected chi connectivity index (χ1v) is 7.57. The maximum Gasteiger partial charge on any atom is 0.0574 e. The van der Waals surface area contributed by atoms with Gasteiger partial charge in [0.15, 0.2) is 0 Å². The molecule has 18 heavy (non-hydrogen) atoms. The predicted octanol–water partition coefficient (Wildman–Crippen LogP) is 4.12. The lowest BCUT2D eigenvalue weighted by atomic mass is 9.96. The predicted molar refractivity (Wildman–Crippen MR) is 74.5 cm³/mol. The molecule has 0 bridgehead atoms. The fraction of sp³-hybridized carbons (Fsp3) is 0.647. The van der Waals surface area contributed by atoms with E-state index in [1.807, 2.05) is 0 Å². The van der Waals surface area contributed by atoms with Crippen LogP contribution in [0.2, 0.25) is 0 Å². The van der Waals surface area contributed by atoms with E-state index < -0.39 is 0 Å². The molecule has 1 aromatic carbocycles. The molecule has 2 aliphatic carbocycles. The van der Waals surface area contributed by atoms with Crippen LogP contribution in [-0.4, -0.2) is 11.2 Å². The zero-order chi connectivity index (χ0) is 12.4. The second-order valence-corrected chi connectivity index (χ2v) is 6.21. The summed E-state index contributed by atoms with van der Waals surface area (Å²) in [5, 5.41) is 10.3. The maximum atomic E-state index is 10.3. The summed E-state index contributed by atoms with van der Waals surface area (Å²) >= 11 is 0. The van der Waals surface area contributed by atoms with Gasteiger partial charge in [0.25, 0.3) is 0 Å². The van der Waals surface area contributed by atoms with E-state index in [1.54, 1.807) is 0 Å². The van der Waals surface area contributed by atoms with Gasteiger partial charge in [-0.25, -0.2) is 0 Å². The summed E-state index contributed by atoms with van der Waals surface area (Å²) in [7, 11) is 0. The van der Waals surface area contributed by atoms with Crippen molar-refractivity contribution in [3.05, 3.63) is 35.9 Å². The Kier molecular flexibility index (Phi) is 3.69. The van der Waals surface area contributed by atoms with Crippen LogP contribution >= 0.6 is 0 Å². The summed E-state index contributed by atoms with van der Waals surface area (Å²) in [5.74, 6) is 2.08. The minimum atomic E-state index is -0.0594. The summed E-state index contributed by atoms with van der Waals surface area (Å²) < 4.78 is 0. The van der Waals surface area contributed by atoms with E-state index >= 15 is 0 Å². The third-order valence-electron chi connectivity index (χ3n) is 4.91. The fourth-order valence-electron chi connectivity index (χ4n) is 3.64. The van der Waals surface area contributed by atoms with E-state index in [1.165, 1.54) is 44.1 Å². The molecule has 2 saturated carbocycles. The van der Waals surface area contributed by atoms with Crippen molar-refractivity contribution in [3.8, 4) is 0 Å². The van der Waals surface area contributed by atoms with Crippen LogP contribution in [0.25, 0.3) is 0 Å². The van der Waals surface area contributed by atoms with Crippen LogP contribution in [0, 0.1) is 11.8 Å². The normalized spacial score (nSPS) is 29.4. The van der Waals surface area contributed by atoms with Gasteiger partial charge in [-0.1, -0.05) is 56.0 Å². The largest absolute Gasteiger partial charge is 0.393 e. The van der Waals surface area contributed by atoms with E-state index in [2.05, 4.69) is 30.3 Å². The highest BCUT2D eigenvalue weighted by molar-refractivity contribution is 5.26. The van der Waals surface area contributed by atoms with Crippen LogP contribution in [0.5, 0.6) is 0 Å². The van der Waals surface area contributed by atoms with Crippen LogP contribution in [0.3, 0.4) is 0 Å². The Morgan fingerprint density at radius 2 is 1.83 bits per heavy atom. The molecule has 0 heterocycles. The molecule has 3 atom stereocenters. The second kappa shape index (κ2) is 5.44. The Balaban J connectivity index is 1.45. The van der Waals surface area contributed by atoms with Crippen molar-refractivity contribution >= 4 is 0 Å². The van der Waals surface area contributed by atoms with Crippen molar-refractivity contribution in [3.63, 3.8) is 0 Å². The van der Waals surface area contributed by atoms with Crippen LogP contribution in [0.15, 0.2) is 30.3 Å². The summed E-state index contributed by atoms with van der Waals surface area (Å²) in [5.41, 5.74) is 1.42. The van der Waals surface area contributed by atoms with Crippen molar-refractivity contribution in [2.75, 3.05) is 0 Å². The number of rotatable bonds is 5. The molecule has 98 valence electrons. The van der Waals surface area contributed by atoms with Gasteiger partial charge in [0.2, 0.25) is 0 Å². The highest BCUT2D eigenvalue weighted by Crippen LogP contribution is 2.50. The van der Waals surface area contributed by atoms with E-state index in [9.17, 15) is 5.11 Å². The van der Waals surface area contributed by atoms with Crippen molar-refractivity contribution in [1.29, 1.82) is 0 Å². The van der Waals surface area contributed by atoms with Gasteiger partial charge in [0.1, 0.15) is 0 Å². The molecule has 1 N–H and O–H groups in total. The zero-order valence-corrected chi connectivity index (χ0v) is 11.1. The molecule has 2 fully saturated rings. The Hall–Kier alpha value is -0.820. The lowest BCUT2D eigenvalue weighted by Crippen LogP contribution is -2.12. The molecule has 0 saturated heterocycles. The van der Waals surface area contributed by atoms with Crippen LogP contribution in [0.1, 0.15) is 56.4 Å². The first-order valence-electron chi connectivity index (χ1n) is 7.57. The first-order chi connectivity index (χ1) is 8.84. The van der Waals surface area contributed by atoms with E-state index in [0.29, 0.717) is 11.8 Å².